The summed E-state index contributed by atoms with van der Waals surface area (Å²) in [4.78, 5) is 11.9. The van der Waals surface area contributed by atoms with Crippen LogP contribution in [0.2, 0.25) is 0 Å². The van der Waals surface area contributed by atoms with Crippen molar-refractivity contribution in [2.75, 3.05) is 0 Å². The molecule has 0 aliphatic carbocycles. The van der Waals surface area contributed by atoms with Gasteiger partial charge in [0.1, 0.15) is 0 Å². The molecule has 6 nitrogen and oxygen atoms in total. The second-order valence-corrected chi connectivity index (χ2v) is 4.87. The Labute approximate surface area is 127 Å². The molecule has 2 rings (SSSR count). The minimum atomic E-state index is -0.670. The maximum atomic E-state index is 11.9. The Bertz CT molecular complexity index is 713. The van der Waals surface area contributed by atoms with Crippen molar-refractivity contribution in [2.45, 2.75) is 13.8 Å². The first-order valence-electron chi connectivity index (χ1n) is 6.55. The van der Waals surface area contributed by atoms with Crippen molar-refractivity contribution < 1.29 is 20.1 Å². The number of nitrogens with zero attached hydrogens (tertiary/aromatic N) is 1. The number of carbonyl (C=O) groups excluding carboxylic acids is 1. The molecule has 0 fully saturated rings. The third-order valence-electron chi connectivity index (χ3n) is 3.13. The van der Waals surface area contributed by atoms with E-state index in [1.165, 1.54) is 0 Å². The molecule has 22 heavy (non-hydrogen) atoms. The van der Waals surface area contributed by atoms with Crippen LogP contribution in [0.25, 0.3) is 0 Å². The molecule has 0 aliphatic rings. The number of benzene rings is 2. The van der Waals surface area contributed by atoms with Gasteiger partial charge >= 0.3 is 0 Å². The summed E-state index contributed by atoms with van der Waals surface area (Å²) in [5.74, 6) is -2.44. The Kier molecular flexibility index (Phi) is 4.31. The fourth-order valence-corrected chi connectivity index (χ4v) is 1.79. The van der Waals surface area contributed by atoms with Crippen molar-refractivity contribution in [3.8, 4) is 17.2 Å². The average molecular weight is 300 g/mol. The topological polar surface area (TPSA) is 102 Å². The average Bonchev–Trinajstić information content (AvgIpc) is 2.50. The number of aromatic hydroxyl groups is 3. The molecule has 0 bridgehead atoms. The van der Waals surface area contributed by atoms with Crippen LogP contribution in [0.3, 0.4) is 0 Å². The Morgan fingerprint density at radius 2 is 1.55 bits per heavy atom. The summed E-state index contributed by atoms with van der Waals surface area (Å²) in [6, 6.07) is 9.73. The van der Waals surface area contributed by atoms with Crippen molar-refractivity contribution >= 4 is 11.6 Å². The highest BCUT2D eigenvalue weighted by atomic mass is 16.3. The van der Waals surface area contributed by atoms with E-state index in [1.54, 1.807) is 6.92 Å². The summed E-state index contributed by atoms with van der Waals surface area (Å²) < 4.78 is 0. The highest BCUT2D eigenvalue weighted by Gasteiger charge is 2.13. The van der Waals surface area contributed by atoms with Gasteiger partial charge in [0.15, 0.2) is 17.2 Å². The zero-order valence-electron chi connectivity index (χ0n) is 12.2. The maximum Gasteiger partial charge on any atom is 0.271 e. The van der Waals surface area contributed by atoms with Crippen LogP contribution < -0.4 is 5.43 Å². The molecule has 4 N–H and O–H groups in total. The summed E-state index contributed by atoms with van der Waals surface area (Å²) in [7, 11) is 0. The van der Waals surface area contributed by atoms with Gasteiger partial charge in [-0.1, -0.05) is 29.8 Å². The predicted octanol–water partition coefficient (Wildman–Crippen LogP) is 2.27. The number of phenols is 3. The van der Waals surface area contributed by atoms with E-state index >= 15 is 0 Å². The van der Waals surface area contributed by atoms with Crippen molar-refractivity contribution in [3.05, 3.63) is 53.1 Å². The molecular formula is C16H16N2O4. The molecule has 0 unspecified atom stereocenters. The van der Waals surface area contributed by atoms with Gasteiger partial charge in [-0.25, -0.2) is 5.43 Å². The van der Waals surface area contributed by atoms with Gasteiger partial charge in [0, 0.05) is 5.56 Å². The van der Waals surface area contributed by atoms with Gasteiger partial charge in [-0.15, -0.1) is 0 Å². The summed E-state index contributed by atoms with van der Waals surface area (Å²) >= 11 is 0. The zero-order chi connectivity index (χ0) is 16.3. The number of carbonyl (C=O) groups is 1. The van der Waals surface area contributed by atoms with E-state index in [1.807, 2.05) is 31.2 Å². The molecule has 2 aromatic carbocycles. The molecule has 0 aliphatic heterocycles. The van der Waals surface area contributed by atoms with E-state index in [2.05, 4.69) is 10.5 Å². The smallest absolute Gasteiger partial charge is 0.271 e. The summed E-state index contributed by atoms with van der Waals surface area (Å²) in [5, 5.41) is 32.0. The maximum absolute atomic E-state index is 11.9. The van der Waals surface area contributed by atoms with Crippen LogP contribution in [-0.4, -0.2) is 26.9 Å². The number of phenolic OH excluding ortho intramolecular Hbond substituents is 3. The molecule has 0 atom stereocenters. The Balaban J connectivity index is 2.15. The van der Waals surface area contributed by atoms with Crippen molar-refractivity contribution in [1.29, 1.82) is 0 Å². The Morgan fingerprint density at radius 3 is 2.09 bits per heavy atom. The van der Waals surface area contributed by atoms with Gasteiger partial charge in [0.2, 0.25) is 0 Å². The molecule has 0 spiro atoms. The van der Waals surface area contributed by atoms with Crippen LogP contribution in [0, 0.1) is 6.92 Å². The molecule has 0 aromatic heterocycles. The standard InChI is InChI=1S/C16H16N2O4/c1-9-3-5-11(6-4-9)10(2)17-18-16(22)12-7-13(19)15(21)14(20)8-12/h3-8,19-21H,1-2H3,(H,18,22)/b17-10+. The summed E-state index contributed by atoms with van der Waals surface area (Å²) in [5.41, 5.74) is 4.91. The van der Waals surface area contributed by atoms with Gasteiger partial charge in [-0.2, -0.15) is 5.10 Å². The number of aryl methyl sites for hydroxylation is 1. The number of hydrogen-bond donors (Lipinski definition) is 4. The van der Waals surface area contributed by atoms with Crippen molar-refractivity contribution in [2.24, 2.45) is 5.10 Å². The number of amides is 1. The SMILES string of the molecule is C/C(=N\NC(=O)c1cc(O)c(O)c(O)c1)c1ccc(C)cc1. The largest absolute Gasteiger partial charge is 0.504 e. The van der Waals surface area contributed by atoms with Gasteiger partial charge in [0.05, 0.1) is 5.71 Å². The molecule has 114 valence electrons. The lowest BCUT2D eigenvalue weighted by Gasteiger charge is -2.06. The Hall–Kier alpha value is -3.02. The predicted molar refractivity (Wildman–Crippen MR) is 82.3 cm³/mol. The number of rotatable bonds is 3. The first-order chi connectivity index (χ1) is 10.4. The lowest BCUT2D eigenvalue weighted by Crippen LogP contribution is -2.19. The minimum Gasteiger partial charge on any atom is -0.504 e. The van der Waals surface area contributed by atoms with Gasteiger partial charge in [-0.3, -0.25) is 4.79 Å². The van der Waals surface area contributed by atoms with Crippen LogP contribution in [0.1, 0.15) is 28.4 Å². The van der Waals surface area contributed by atoms with E-state index < -0.39 is 23.2 Å². The lowest BCUT2D eigenvalue weighted by molar-refractivity contribution is 0.0954. The third kappa shape index (κ3) is 3.35. The summed E-state index contributed by atoms with van der Waals surface area (Å²) in [6.07, 6.45) is 0. The molecule has 2 aromatic rings. The van der Waals surface area contributed by atoms with E-state index in [0.717, 1.165) is 23.3 Å². The minimum absolute atomic E-state index is 0.0201. The van der Waals surface area contributed by atoms with Crippen LogP contribution in [0.5, 0.6) is 17.2 Å². The van der Waals surface area contributed by atoms with E-state index in [4.69, 9.17) is 0 Å². The Morgan fingerprint density at radius 1 is 1.00 bits per heavy atom. The molecule has 1 amide bonds. The van der Waals surface area contributed by atoms with Crippen LogP contribution in [0.4, 0.5) is 0 Å². The third-order valence-corrected chi connectivity index (χ3v) is 3.13. The molecule has 0 radical (unpaired) electrons. The zero-order valence-corrected chi connectivity index (χ0v) is 12.2. The quantitative estimate of drug-likeness (QED) is 0.396. The van der Waals surface area contributed by atoms with Crippen LogP contribution >= 0.6 is 0 Å². The molecule has 0 saturated heterocycles. The summed E-state index contributed by atoms with van der Waals surface area (Å²) in [6.45, 7) is 3.72. The molecular weight excluding hydrogens is 284 g/mol. The monoisotopic (exact) mass is 300 g/mol. The molecule has 6 heteroatoms. The van der Waals surface area contributed by atoms with Crippen LogP contribution in [-0.2, 0) is 0 Å². The fourth-order valence-electron chi connectivity index (χ4n) is 1.79. The highest BCUT2D eigenvalue weighted by molar-refractivity contribution is 6.01. The number of hydrogen-bond acceptors (Lipinski definition) is 5. The number of nitrogens with one attached hydrogen (secondary N) is 1. The van der Waals surface area contributed by atoms with Gasteiger partial charge in [0.25, 0.3) is 5.91 Å². The van der Waals surface area contributed by atoms with Gasteiger partial charge in [-0.05, 0) is 31.5 Å². The van der Waals surface area contributed by atoms with E-state index in [-0.39, 0.29) is 5.56 Å². The van der Waals surface area contributed by atoms with Gasteiger partial charge < -0.3 is 15.3 Å². The molecule has 0 heterocycles. The van der Waals surface area contributed by atoms with E-state index in [0.29, 0.717) is 5.71 Å². The van der Waals surface area contributed by atoms with Crippen LogP contribution in [0.15, 0.2) is 41.5 Å². The molecule has 0 saturated carbocycles. The van der Waals surface area contributed by atoms with Crippen molar-refractivity contribution in [1.82, 2.24) is 5.43 Å². The van der Waals surface area contributed by atoms with Crippen molar-refractivity contribution in [3.63, 3.8) is 0 Å². The normalized spacial score (nSPS) is 11.3. The first kappa shape index (κ1) is 15.4. The lowest BCUT2D eigenvalue weighted by atomic mass is 10.1. The van der Waals surface area contributed by atoms with E-state index in [9.17, 15) is 20.1 Å². The number of hydrazone groups is 1. The second-order valence-electron chi connectivity index (χ2n) is 4.87. The second kappa shape index (κ2) is 6.17. The first-order valence-corrected chi connectivity index (χ1v) is 6.55. The highest BCUT2D eigenvalue weighted by Crippen LogP contribution is 2.35. The fraction of sp³-hybridized carbons (Fsp3) is 0.125.